The Hall–Kier alpha value is -3.41. The van der Waals surface area contributed by atoms with Crippen LogP contribution in [0.5, 0.6) is 0 Å². The fourth-order valence-corrected chi connectivity index (χ4v) is 4.21. The second kappa shape index (κ2) is 6.34. The fraction of sp³-hybridized carbons (Fsp3) is 0.227. The summed E-state index contributed by atoms with van der Waals surface area (Å²) in [7, 11) is 0. The SMILES string of the molecule is CC(=O)N1C=Cc2ccccc2[C@@H]1CC(=O)N1CCn2c1nc1ccccc12. The Balaban J connectivity index is 1.47. The van der Waals surface area contributed by atoms with Gasteiger partial charge in [-0.15, -0.1) is 0 Å². The summed E-state index contributed by atoms with van der Waals surface area (Å²) >= 11 is 0. The van der Waals surface area contributed by atoms with Crippen molar-refractivity contribution in [1.29, 1.82) is 0 Å². The third-order valence-electron chi connectivity index (χ3n) is 5.56. The maximum absolute atomic E-state index is 13.2. The lowest BCUT2D eigenvalue weighted by molar-refractivity contribution is -0.129. The maximum Gasteiger partial charge on any atom is 0.231 e. The molecule has 0 saturated carbocycles. The third-order valence-corrected chi connectivity index (χ3v) is 5.56. The summed E-state index contributed by atoms with van der Waals surface area (Å²) in [6.45, 7) is 2.88. The van der Waals surface area contributed by atoms with Gasteiger partial charge in [-0.3, -0.25) is 14.5 Å². The van der Waals surface area contributed by atoms with Crippen LogP contribution in [0.2, 0.25) is 0 Å². The lowest BCUT2D eigenvalue weighted by atomic mass is 9.93. The van der Waals surface area contributed by atoms with Crippen LogP contribution in [-0.2, 0) is 16.1 Å². The Morgan fingerprint density at radius 3 is 2.71 bits per heavy atom. The van der Waals surface area contributed by atoms with Crippen molar-refractivity contribution in [1.82, 2.24) is 14.5 Å². The Morgan fingerprint density at radius 1 is 1.07 bits per heavy atom. The van der Waals surface area contributed by atoms with Crippen molar-refractivity contribution in [3.05, 3.63) is 65.9 Å². The first-order chi connectivity index (χ1) is 13.6. The van der Waals surface area contributed by atoms with E-state index in [-0.39, 0.29) is 24.3 Å². The Labute approximate surface area is 162 Å². The number of carbonyl (C=O) groups is 2. The van der Waals surface area contributed by atoms with Gasteiger partial charge in [0.1, 0.15) is 0 Å². The van der Waals surface area contributed by atoms with Crippen molar-refractivity contribution in [3.63, 3.8) is 0 Å². The quantitative estimate of drug-likeness (QED) is 0.693. The predicted molar refractivity (Wildman–Crippen MR) is 107 cm³/mol. The molecular formula is C22H20N4O2. The van der Waals surface area contributed by atoms with Crippen molar-refractivity contribution in [3.8, 4) is 0 Å². The average molecular weight is 372 g/mol. The molecule has 28 heavy (non-hydrogen) atoms. The van der Waals surface area contributed by atoms with Crippen molar-refractivity contribution in [2.45, 2.75) is 25.9 Å². The number of hydrogen-bond acceptors (Lipinski definition) is 3. The largest absolute Gasteiger partial charge is 0.311 e. The van der Waals surface area contributed by atoms with Gasteiger partial charge in [-0.1, -0.05) is 36.4 Å². The van der Waals surface area contributed by atoms with Gasteiger partial charge >= 0.3 is 0 Å². The topological polar surface area (TPSA) is 58.4 Å². The van der Waals surface area contributed by atoms with E-state index in [1.807, 2.05) is 54.6 Å². The predicted octanol–water partition coefficient (Wildman–Crippen LogP) is 3.35. The molecule has 3 aromatic rings. The van der Waals surface area contributed by atoms with E-state index in [1.54, 1.807) is 16.0 Å². The molecule has 1 aromatic heterocycles. The number of rotatable bonds is 2. The normalized spacial score (nSPS) is 17.7. The minimum absolute atomic E-state index is 0.0181. The summed E-state index contributed by atoms with van der Waals surface area (Å²) in [6.07, 6.45) is 3.93. The molecule has 0 bridgehead atoms. The molecule has 2 aromatic carbocycles. The van der Waals surface area contributed by atoms with Gasteiger partial charge in [-0.2, -0.15) is 0 Å². The molecule has 140 valence electrons. The molecule has 2 amide bonds. The first-order valence-electron chi connectivity index (χ1n) is 9.45. The summed E-state index contributed by atoms with van der Waals surface area (Å²) < 4.78 is 2.09. The van der Waals surface area contributed by atoms with E-state index in [2.05, 4.69) is 9.55 Å². The zero-order chi connectivity index (χ0) is 19.3. The van der Waals surface area contributed by atoms with E-state index in [0.29, 0.717) is 12.5 Å². The number of hydrogen-bond donors (Lipinski definition) is 0. The number of benzene rings is 2. The molecule has 6 heteroatoms. The number of aromatic nitrogens is 2. The molecule has 2 aliphatic heterocycles. The molecule has 0 saturated heterocycles. The van der Waals surface area contributed by atoms with Crippen molar-refractivity contribution in [2.75, 3.05) is 11.4 Å². The summed E-state index contributed by atoms with van der Waals surface area (Å²) in [5.74, 6) is 0.604. The van der Waals surface area contributed by atoms with Gasteiger partial charge in [-0.05, 0) is 29.3 Å². The number of nitrogens with zero attached hydrogens (tertiary/aromatic N) is 4. The van der Waals surface area contributed by atoms with Gasteiger partial charge in [0.15, 0.2) is 0 Å². The third kappa shape index (κ3) is 2.52. The highest BCUT2D eigenvalue weighted by atomic mass is 16.2. The van der Waals surface area contributed by atoms with Crippen LogP contribution < -0.4 is 4.90 Å². The molecule has 6 nitrogen and oxygen atoms in total. The molecule has 5 rings (SSSR count). The van der Waals surface area contributed by atoms with Gasteiger partial charge in [0, 0.05) is 26.2 Å². The van der Waals surface area contributed by atoms with Crippen molar-refractivity contribution < 1.29 is 9.59 Å². The molecule has 1 atom stereocenters. The van der Waals surface area contributed by atoms with Crippen LogP contribution in [-0.4, -0.2) is 32.8 Å². The smallest absolute Gasteiger partial charge is 0.231 e. The van der Waals surface area contributed by atoms with E-state index < -0.39 is 0 Å². The molecule has 0 spiro atoms. The van der Waals surface area contributed by atoms with Crippen LogP contribution in [0.4, 0.5) is 5.95 Å². The van der Waals surface area contributed by atoms with Crippen LogP contribution in [0.1, 0.15) is 30.5 Å². The minimum atomic E-state index is -0.301. The molecule has 2 aliphatic rings. The number of anilines is 1. The van der Waals surface area contributed by atoms with E-state index >= 15 is 0 Å². The highest BCUT2D eigenvalue weighted by Crippen LogP contribution is 2.35. The molecule has 0 unspecified atom stereocenters. The number of imidazole rings is 1. The van der Waals surface area contributed by atoms with Gasteiger partial charge in [-0.25, -0.2) is 4.98 Å². The summed E-state index contributed by atoms with van der Waals surface area (Å²) in [6, 6.07) is 15.5. The number of para-hydroxylation sites is 2. The Kier molecular flexibility index (Phi) is 3.79. The first-order valence-corrected chi connectivity index (χ1v) is 9.45. The van der Waals surface area contributed by atoms with Gasteiger partial charge in [0.25, 0.3) is 0 Å². The van der Waals surface area contributed by atoms with Crippen LogP contribution in [0, 0.1) is 0 Å². The van der Waals surface area contributed by atoms with Crippen LogP contribution >= 0.6 is 0 Å². The van der Waals surface area contributed by atoms with Crippen molar-refractivity contribution >= 4 is 34.9 Å². The van der Waals surface area contributed by atoms with Crippen LogP contribution in [0.25, 0.3) is 17.1 Å². The first kappa shape index (κ1) is 16.7. The molecule has 3 heterocycles. The van der Waals surface area contributed by atoms with Crippen LogP contribution in [0.3, 0.4) is 0 Å². The van der Waals surface area contributed by atoms with Gasteiger partial charge in [0.05, 0.1) is 23.5 Å². The fourth-order valence-electron chi connectivity index (χ4n) is 4.21. The van der Waals surface area contributed by atoms with E-state index in [9.17, 15) is 9.59 Å². The molecule has 0 fully saturated rings. The molecule has 0 radical (unpaired) electrons. The zero-order valence-electron chi connectivity index (χ0n) is 15.6. The Morgan fingerprint density at radius 2 is 1.86 bits per heavy atom. The second-order valence-electron chi connectivity index (χ2n) is 7.19. The van der Waals surface area contributed by atoms with E-state index in [4.69, 9.17) is 0 Å². The average Bonchev–Trinajstić information content (AvgIpc) is 3.27. The Bertz CT molecular complexity index is 1130. The monoisotopic (exact) mass is 372 g/mol. The highest BCUT2D eigenvalue weighted by molar-refractivity contribution is 5.95. The number of amides is 2. The minimum Gasteiger partial charge on any atom is -0.311 e. The van der Waals surface area contributed by atoms with E-state index in [1.165, 1.54) is 6.92 Å². The summed E-state index contributed by atoms with van der Waals surface area (Å²) in [4.78, 5) is 33.5. The lowest BCUT2D eigenvalue weighted by Crippen LogP contribution is -2.37. The summed E-state index contributed by atoms with van der Waals surface area (Å²) in [5, 5.41) is 0. The number of carbonyl (C=O) groups excluding carboxylic acids is 2. The van der Waals surface area contributed by atoms with Crippen LogP contribution in [0.15, 0.2) is 54.7 Å². The standard InChI is InChI=1S/C22H20N4O2/c1-15(27)24-11-10-16-6-2-3-7-17(16)20(24)14-21(28)26-13-12-25-19-9-5-4-8-18(19)23-22(25)26/h2-11,20H,12-14H2,1H3/t20-/m0/s1. The molecule has 0 aliphatic carbocycles. The molecule has 0 N–H and O–H groups in total. The zero-order valence-corrected chi connectivity index (χ0v) is 15.6. The molecular weight excluding hydrogens is 352 g/mol. The number of fused-ring (bicyclic) bond motifs is 4. The summed E-state index contributed by atoms with van der Waals surface area (Å²) in [5.41, 5.74) is 3.99. The van der Waals surface area contributed by atoms with Gasteiger partial charge in [0.2, 0.25) is 17.8 Å². The maximum atomic E-state index is 13.2. The van der Waals surface area contributed by atoms with E-state index in [0.717, 1.165) is 28.7 Å². The second-order valence-corrected chi connectivity index (χ2v) is 7.19. The van der Waals surface area contributed by atoms with Crippen molar-refractivity contribution in [2.24, 2.45) is 0 Å². The van der Waals surface area contributed by atoms with Gasteiger partial charge < -0.3 is 9.47 Å². The lowest BCUT2D eigenvalue weighted by Gasteiger charge is -2.33. The highest BCUT2D eigenvalue weighted by Gasteiger charge is 2.33.